The molecule has 1 fully saturated rings. The number of amides is 3. The van der Waals surface area contributed by atoms with E-state index in [0.29, 0.717) is 11.0 Å². The number of benzene rings is 1. The number of methoxy groups -OCH3 is 1. The summed E-state index contributed by atoms with van der Waals surface area (Å²) in [5.74, 6) is -5.18. The summed E-state index contributed by atoms with van der Waals surface area (Å²) in [4.78, 5) is 38.2. The number of nitrogens with one attached hydrogen (secondary N) is 2. The molecule has 0 spiro atoms. The van der Waals surface area contributed by atoms with Crippen LogP contribution in [0.2, 0.25) is 6.32 Å². The molecule has 34 heavy (non-hydrogen) atoms. The van der Waals surface area contributed by atoms with Crippen LogP contribution in [0, 0.1) is 17.1 Å². The molecule has 3 atom stereocenters. The van der Waals surface area contributed by atoms with E-state index in [-0.39, 0.29) is 25.1 Å². The van der Waals surface area contributed by atoms with E-state index in [2.05, 4.69) is 10.1 Å². The lowest BCUT2D eigenvalue weighted by molar-refractivity contribution is -0.175. The number of carbonyl (C=O) groups is 3. The molecule has 0 radical (unpaired) electrons. The second-order valence-corrected chi connectivity index (χ2v) is 7.39. The van der Waals surface area contributed by atoms with Crippen LogP contribution >= 0.6 is 0 Å². The van der Waals surface area contributed by atoms with E-state index in [1.807, 2.05) is 0 Å². The average molecular weight is 488 g/mol. The number of alkyl halides is 3. The van der Waals surface area contributed by atoms with Gasteiger partial charge in [-0.2, -0.15) is 18.4 Å². The highest BCUT2D eigenvalue weighted by atomic mass is 19.4. The van der Waals surface area contributed by atoms with Crippen molar-refractivity contribution in [2.24, 2.45) is 0 Å². The number of hydrogen-bond acceptors (Lipinski definition) is 7. The van der Waals surface area contributed by atoms with Crippen LogP contribution in [-0.4, -0.2) is 77.7 Å². The summed E-state index contributed by atoms with van der Waals surface area (Å²) in [5.41, 5.74) is -0.490. The maximum Gasteiger partial charge on any atom is 0.454 e. The predicted octanol–water partition coefficient (Wildman–Crippen LogP) is -0.0328. The third-order valence-electron chi connectivity index (χ3n) is 5.02. The molecule has 1 aliphatic rings. The number of likely N-dealkylation sites (tertiary alicyclic amines) is 1. The van der Waals surface area contributed by atoms with Gasteiger partial charge in [-0.15, -0.1) is 0 Å². The highest BCUT2D eigenvalue weighted by molar-refractivity contribution is 6.41. The monoisotopic (exact) mass is 488 g/mol. The Morgan fingerprint density at radius 3 is 2.53 bits per heavy atom. The van der Waals surface area contributed by atoms with Crippen LogP contribution in [0.5, 0.6) is 5.75 Å². The summed E-state index contributed by atoms with van der Waals surface area (Å²) in [5, 5.41) is 30.6. The smallest absolute Gasteiger partial charge is 0.454 e. The molecule has 0 aliphatic carbocycles. The molecular weight excluding hydrogens is 467 g/mol. The molecule has 0 aromatic heterocycles. The number of halogens is 4. The first-order valence-corrected chi connectivity index (χ1v) is 9.96. The zero-order valence-corrected chi connectivity index (χ0v) is 17.8. The number of rotatable bonds is 8. The number of carbonyl (C=O) groups excluding carboxylic acids is 3. The molecule has 3 unspecified atom stereocenters. The molecule has 0 saturated carbocycles. The minimum absolute atomic E-state index is 0.0143. The third-order valence-corrected chi connectivity index (χ3v) is 5.02. The SMILES string of the molecule is COc1ccc(C(=O)NC(C(=O)N2CCCC2C(=O)NC(C#N)CB(O)O)C(F)(F)F)cc1F. The molecule has 4 N–H and O–H groups in total. The molecule has 2 rings (SSSR count). The fourth-order valence-electron chi connectivity index (χ4n) is 3.40. The molecule has 0 bridgehead atoms. The van der Waals surface area contributed by atoms with Crippen LogP contribution < -0.4 is 15.4 Å². The van der Waals surface area contributed by atoms with Gasteiger partial charge in [0.15, 0.2) is 11.6 Å². The second kappa shape index (κ2) is 11.2. The Labute approximate surface area is 191 Å². The fourth-order valence-corrected chi connectivity index (χ4v) is 3.40. The van der Waals surface area contributed by atoms with Crippen LogP contribution in [0.25, 0.3) is 0 Å². The van der Waals surface area contributed by atoms with Crippen molar-refractivity contribution in [2.45, 2.75) is 43.5 Å². The molecule has 1 heterocycles. The molecule has 1 saturated heterocycles. The summed E-state index contributed by atoms with van der Waals surface area (Å²) >= 11 is 0. The number of ether oxygens (including phenoxy) is 1. The molecule has 3 amide bonds. The van der Waals surface area contributed by atoms with Crippen LogP contribution in [0.1, 0.15) is 23.2 Å². The summed E-state index contributed by atoms with van der Waals surface area (Å²) in [6.45, 7) is -0.226. The summed E-state index contributed by atoms with van der Waals surface area (Å²) < 4.78 is 59.6. The van der Waals surface area contributed by atoms with Crippen molar-refractivity contribution < 1.29 is 46.7 Å². The van der Waals surface area contributed by atoms with Gasteiger partial charge in [-0.3, -0.25) is 14.4 Å². The van der Waals surface area contributed by atoms with Crippen LogP contribution in [0.4, 0.5) is 17.6 Å². The zero-order chi connectivity index (χ0) is 25.6. The lowest BCUT2D eigenvalue weighted by Crippen LogP contribution is -2.59. The average Bonchev–Trinajstić information content (AvgIpc) is 3.25. The molecule has 10 nitrogen and oxygen atoms in total. The van der Waals surface area contributed by atoms with Crippen molar-refractivity contribution in [2.75, 3.05) is 13.7 Å². The number of hydrogen-bond donors (Lipinski definition) is 4. The van der Waals surface area contributed by atoms with Crippen LogP contribution in [0.3, 0.4) is 0 Å². The summed E-state index contributed by atoms with van der Waals surface area (Å²) in [6.07, 6.45) is -5.63. The Hall–Kier alpha value is -3.38. The Kier molecular flexibility index (Phi) is 8.83. The lowest BCUT2D eigenvalue weighted by atomic mass is 9.82. The minimum atomic E-state index is -5.24. The topological polar surface area (TPSA) is 152 Å². The minimum Gasteiger partial charge on any atom is -0.494 e. The van der Waals surface area contributed by atoms with Gasteiger partial charge in [-0.1, -0.05) is 0 Å². The highest BCUT2D eigenvalue weighted by Gasteiger charge is 2.50. The third kappa shape index (κ3) is 6.58. The lowest BCUT2D eigenvalue weighted by Gasteiger charge is -2.30. The molecule has 184 valence electrons. The molecule has 1 aliphatic heterocycles. The standard InChI is InChI=1S/C19H21BF4N4O6/c1-34-14-5-4-10(7-12(14)21)16(29)27-15(19(22,23)24)18(31)28-6-2-3-13(28)17(30)26-11(9-25)8-20(32)33/h4-5,7,11,13,15,32-33H,2-3,6,8H2,1H3,(H,26,30)(H,27,29). The summed E-state index contributed by atoms with van der Waals surface area (Å²) in [7, 11) is -0.761. The van der Waals surface area contributed by atoms with Crippen molar-refractivity contribution in [3.8, 4) is 11.8 Å². The Morgan fingerprint density at radius 2 is 2.00 bits per heavy atom. The zero-order valence-electron chi connectivity index (χ0n) is 17.8. The fraction of sp³-hybridized carbons (Fsp3) is 0.474. The summed E-state index contributed by atoms with van der Waals surface area (Å²) in [6, 6.07) is -1.46. The van der Waals surface area contributed by atoms with E-state index in [0.717, 1.165) is 19.2 Å². The van der Waals surface area contributed by atoms with E-state index in [1.54, 1.807) is 6.07 Å². The van der Waals surface area contributed by atoms with Crippen molar-refractivity contribution >= 4 is 24.8 Å². The normalized spacial score (nSPS) is 17.4. The molecule has 1 aromatic carbocycles. The molecule has 1 aromatic rings. The largest absolute Gasteiger partial charge is 0.494 e. The Morgan fingerprint density at radius 1 is 1.32 bits per heavy atom. The van der Waals surface area contributed by atoms with Crippen molar-refractivity contribution in [3.63, 3.8) is 0 Å². The van der Waals surface area contributed by atoms with E-state index < -0.39 is 66.8 Å². The molecular formula is C19H21BF4N4O6. The van der Waals surface area contributed by atoms with Crippen molar-refractivity contribution in [1.29, 1.82) is 5.26 Å². The van der Waals surface area contributed by atoms with E-state index in [4.69, 9.17) is 15.3 Å². The first-order valence-electron chi connectivity index (χ1n) is 9.96. The van der Waals surface area contributed by atoms with Gasteiger partial charge in [0.05, 0.1) is 13.2 Å². The first kappa shape index (κ1) is 26.9. The van der Waals surface area contributed by atoms with Crippen LogP contribution in [-0.2, 0) is 9.59 Å². The van der Waals surface area contributed by atoms with E-state index in [9.17, 15) is 31.9 Å². The first-order chi connectivity index (χ1) is 15.9. The van der Waals surface area contributed by atoms with Gasteiger partial charge in [0, 0.05) is 18.4 Å². The van der Waals surface area contributed by atoms with Gasteiger partial charge in [-0.25, -0.2) is 4.39 Å². The van der Waals surface area contributed by atoms with Gasteiger partial charge in [-0.05, 0) is 31.0 Å². The van der Waals surface area contributed by atoms with Gasteiger partial charge < -0.3 is 30.3 Å². The highest BCUT2D eigenvalue weighted by Crippen LogP contribution is 2.27. The number of nitrogens with zero attached hydrogens (tertiary/aromatic N) is 2. The van der Waals surface area contributed by atoms with Crippen LogP contribution in [0.15, 0.2) is 18.2 Å². The predicted molar refractivity (Wildman–Crippen MR) is 108 cm³/mol. The maximum absolute atomic E-state index is 13.8. The quantitative estimate of drug-likeness (QED) is 0.296. The van der Waals surface area contributed by atoms with Crippen molar-refractivity contribution in [1.82, 2.24) is 15.5 Å². The molecule has 15 heteroatoms. The van der Waals surface area contributed by atoms with Crippen molar-refractivity contribution in [3.05, 3.63) is 29.6 Å². The number of nitriles is 1. The Balaban J connectivity index is 2.20. The Bertz CT molecular complexity index is 971. The van der Waals surface area contributed by atoms with Gasteiger partial charge in [0.1, 0.15) is 12.1 Å². The van der Waals surface area contributed by atoms with E-state index in [1.165, 1.54) is 5.32 Å². The van der Waals surface area contributed by atoms with Gasteiger partial charge in [0.2, 0.25) is 11.9 Å². The van der Waals surface area contributed by atoms with Gasteiger partial charge >= 0.3 is 13.3 Å². The maximum atomic E-state index is 13.8. The van der Waals surface area contributed by atoms with E-state index >= 15 is 0 Å². The second-order valence-electron chi connectivity index (χ2n) is 7.39. The van der Waals surface area contributed by atoms with Gasteiger partial charge in [0.25, 0.3) is 11.8 Å².